The lowest BCUT2D eigenvalue weighted by Gasteiger charge is -1.52. The van der Waals surface area contributed by atoms with E-state index in [-0.39, 0.29) is 17.6 Å². The van der Waals surface area contributed by atoms with Crippen molar-refractivity contribution in [3.63, 3.8) is 0 Å². The van der Waals surface area contributed by atoms with Crippen molar-refractivity contribution in [2.24, 2.45) is 0 Å². The van der Waals surface area contributed by atoms with Crippen molar-refractivity contribution in [1.29, 1.82) is 0 Å². The Labute approximate surface area is 30.7 Å². The average molecular weight is 78.2 g/mol. The van der Waals surface area contributed by atoms with Crippen molar-refractivity contribution in [2.75, 3.05) is 6.61 Å². The van der Waals surface area contributed by atoms with Crippen LogP contribution in [0.4, 0.5) is 0 Å². The third-order valence-electron chi connectivity index (χ3n) is 0. The van der Waals surface area contributed by atoms with Crippen LogP contribution < -0.4 is 0 Å². The standard InChI is InChI=1S/C2H6O.H4Si/c1-2-3;/h3H,2H2,1H3;1H4. The minimum atomic E-state index is 0. The van der Waals surface area contributed by atoms with Gasteiger partial charge in [-0.3, -0.25) is 0 Å². The summed E-state index contributed by atoms with van der Waals surface area (Å²) in [5.74, 6) is 0. The van der Waals surface area contributed by atoms with Crippen LogP contribution in [0, 0.1) is 0 Å². The number of rotatable bonds is 0. The van der Waals surface area contributed by atoms with Crippen molar-refractivity contribution in [2.45, 2.75) is 6.92 Å². The van der Waals surface area contributed by atoms with Gasteiger partial charge in [0.1, 0.15) is 0 Å². The summed E-state index contributed by atoms with van der Waals surface area (Å²) in [4.78, 5) is 0. The molecule has 0 radical (unpaired) electrons. The topological polar surface area (TPSA) is 20.2 Å². The van der Waals surface area contributed by atoms with Gasteiger partial charge in [-0.2, -0.15) is 0 Å². The third-order valence-corrected chi connectivity index (χ3v) is 0. The van der Waals surface area contributed by atoms with E-state index in [1.165, 1.54) is 0 Å². The molecule has 0 aromatic carbocycles. The van der Waals surface area contributed by atoms with E-state index in [9.17, 15) is 0 Å². The predicted molar refractivity (Wildman–Crippen MR) is 24.1 cm³/mol. The zero-order valence-electron chi connectivity index (χ0n) is 2.15. The lowest BCUT2D eigenvalue weighted by Crippen LogP contribution is -1.57. The zero-order chi connectivity index (χ0) is 2.71. The molecular formula is C2H10OSi. The van der Waals surface area contributed by atoms with Crippen LogP contribution in [-0.4, -0.2) is 22.7 Å². The van der Waals surface area contributed by atoms with E-state index in [1.54, 1.807) is 6.92 Å². The highest BCUT2D eigenvalue weighted by atomic mass is 28.1. The van der Waals surface area contributed by atoms with E-state index in [0.29, 0.717) is 0 Å². The normalized spacial score (nSPS) is 4.50. The summed E-state index contributed by atoms with van der Waals surface area (Å²) in [5, 5.41) is 7.57. The second-order valence-corrected chi connectivity index (χ2v) is 0.316. The molecule has 0 aliphatic heterocycles. The molecule has 0 heterocycles. The summed E-state index contributed by atoms with van der Waals surface area (Å²) in [6, 6.07) is 0. The second kappa shape index (κ2) is 10.9. The van der Waals surface area contributed by atoms with E-state index >= 15 is 0 Å². The molecule has 0 amide bonds. The molecule has 0 spiro atoms. The molecule has 1 nitrogen and oxygen atoms in total. The smallest absolute Gasteiger partial charge is 0.0402 e. The fourth-order valence-electron chi connectivity index (χ4n) is 0. The van der Waals surface area contributed by atoms with Gasteiger partial charge >= 0.3 is 0 Å². The first-order valence-corrected chi connectivity index (χ1v) is 1.02. The van der Waals surface area contributed by atoms with Gasteiger partial charge in [0.2, 0.25) is 0 Å². The van der Waals surface area contributed by atoms with Crippen LogP contribution in [0.25, 0.3) is 0 Å². The number of hydrogen-bond donors (Lipinski definition) is 1. The molecule has 0 aromatic heterocycles. The minimum Gasteiger partial charge on any atom is -0.397 e. The van der Waals surface area contributed by atoms with E-state index < -0.39 is 0 Å². The van der Waals surface area contributed by atoms with Gasteiger partial charge in [-0.15, -0.1) is 0 Å². The molecule has 0 unspecified atom stereocenters. The third kappa shape index (κ3) is 96.4. The summed E-state index contributed by atoms with van der Waals surface area (Å²) in [5.41, 5.74) is 0. The Morgan fingerprint density at radius 3 is 1.75 bits per heavy atom. The maximum Gasteiger partial charge on any atom is 0.0402 e. The fraction of sp³-hybridized carbons (Fsp3) is 1.00. The Hall–Kier alpha value is 0.177. The Balaban J connectivity index is 0. The van der Waals surface area contributed by atoms with Gasteiger partial charge in [-0.25, -0.2) is 0 Å². The molecule has 0 fully saturated rings. The molecule has 0 aliphatic rings. The molecule has 0 rings (SSSR count). The van der Waals surface area contributed by atoms with Gasteiger partial charge in [-0.1, -0.05) is 0 Å². The molecule has 28 valence electrons. The monoisotopic (exact) mass is 78.1 g/mol. The highest BCUT2D eigenvalue weighted by molar-refractivity contribution is 5.75. The van der Waals surface area contributed by atoms with Gasteiger partial charge in [-0.05, 0) is 17.9 Å². The first-order chi connectivity index (χ1) is 1.41. The molecule has 0 aromatic rings. The van der Waals surface area contributed by atoms with E-state index in [2.05, 4.69) is 0 Å². The van der Waals surface area contributed by atoms with Crippen molar-refractivity contribution < 1.29 is 5.11 Å². The zero-order valence-corrected chi connectivity index (χ0v) is 2.15. The maximum atomic E-state index is 7.57. The molecule has 0 saturated heterocycles. The summed E-state index contributed by atoms with van der Waals surface area (Å²) in [7, 11) is 0. The Morgan fingerprint density at radius 2 is 1.75 bits per heavy atom. The molecule has 0 saturated carbocycles. The van der Waals surface area contributed by atoms with Crippen molar-refractivity contribution in [3.8, 4) is 0 Å². The predicted octanol–water partition coefficient (Wildman–Crippen LogP) is -1.45. The van der Waals surface area contributed by atoms with E-state index in [0.717, 1.165) is 0 Å². The second-order valence-electron chi connectivity index (χ2n) is 0.316. The van der Waals surface area contributed by atoms with Gasteiger partial charge in [0.25, 0.3) is 0 Å². The fourth-order valence-corrected chi connectivity index (χ4v) is 0. The number of aliphatic hydroxyl groups excluding tert-OH is 1. The molecule has 0 atom stereocenters. The Morgan fingerprint density at radius 1 is 1.75 bits per heavy atom. The quantitative estimate of drug-likeness (QED) is 0.351. The molecule has 0 bridgehead atoms. The van der Waals surface area contributed by atoms with Crippen LogP contribution in [0.2, 0.25) is 0 Å². The number of hydrogen-bond acceptors (Lipinski definition) is 1. The van der Waals surface area contributed by atoms with Crippen molar-refractivity contribution in [1.82, 2.24) is 0 Å². The lowest BCUT2D eigenvalue weighted by atomic mass is 10.9. The molecule has 2 heteroatoms. The minimum absolute atomic E-state index is 0. The molecule has 4 heavy (non-hydrogen) atoms. The van der Waals surface area contributed by atoms with Gasteiger partial charge in [0, 0.05) is 6.61 Å². The van der Waals surface area contributed by atoms with Crippen LogP contribution in [0.3, 0.4) is 0 Å². The first-order valence-electron chi connectivity index (χ1n) is 1.02. The summed E-state index contributed by atoms with van der Waals surface area (Å²) < 4.78 is 0. The van der Waals surface area contributed by atoms with Gasteiger partial charge < -0.3 is 5.11 Å². The van der Waals surface area contributed by atoms with Crippen LogP contribution in [0.15, 0.2) is 0 Å². The SMILES string of the molecule is CCO.[SiH4]. The summed E-state index contributed by atoms with van der Waals surface area (Å²) in [6.45, 7) is 1.93. The number of aliphatic hydroxyl groups is 1. The molecule has 0 aliphatic carbocycles. The highest BCUT2D eigenvalue weighted by Crippen LogP contribution is 1.30. The van der Waals surface area contributed by atoms with Crippen LogP contribution >= 0.6 is 0 Å². The van der Waals surface area contributed by atoms with Crippen LogP contribution in [-0.2, 0) is 0 Å². The van der Waals surface area contributed by atoms with E-state index in [1.807, 2.05) is 0 Å². The Kier molecular flexibility index (Phi) is 24.2. The van der Waals surface area contributed by atoms with E-state index in [4.69, 9.17) is 5.11 Å². The van der Waals surface area contributed by atoms with Crippen molar-refractivity contribution in [3.05, 3.63) is 0 Å². The summed E-state index contributed by atoms with van der Waals surface area (Å²) in [6.07, 6.45) is 0. The summed E-state index contributed by atoms with van der Waals surface area (Å²) >= 11 is 0. The molecular weight excluding hydrogens is 68.1 g/mol. The van der Waals surface area contributed by atoms with Crippen LogP contribution in [0.1, 0.15) is 6.92 Å². The van der Waals surface area contributed by atoms with Gasteiger partial charge in [0.05, 0.1) is 0 Å². The molecule has 1 N–H and O–H groups in total. The first kappa shape index (κ1) is 8.90. The highest BCUT2D eigenvalue weighted by Gasteiger charge is 1.34. The van der Waals surface area contributed by atoms with Gasteiger partial charge in [0.15, 0.2) is 0 Å². The largest absolute Gasteiger partial charge is 0.397 e. The van der Waals surface area contributed by atoms with Crippen LogP contribution in [0.5, 0.6) is 0 Å². The maximum absolute atomic E-state index is 7.57. The Bertz CT molecular complexity index is 6.00. The van der Waals surface area contributed by atoms with Crippen molar-refractivity contribution >= 4 is 11.0 Å². The average Bonchev–Trinajstić information content (AvgIpc) is 0.918. The lowest BCUT2D eigenvalue weighted by molar-refractivity contribution is 0.318.